The minimum atomic E-state index is -1.08. The molecule has 10 heteroatoms. The van der Waals surface area contributed by atoms with Crippen LogP contribution in [0.5, 0.6) is 5.75 Å². The SMILES string of the molecule is CC(C)CC(C(=O)NO)C(=O)NCC(=O)CCCCCNCc1ccc(OC(C(=O)O)c2ccccc2)cc1. The fourth-order valence-electron chi connectivity index (χ4n) is 3.97. The van der Waals surface area contributed by atoms with E-state index in [1.165, 1.54) is 5.48 Å². The van der Waals surface area contributed by atoms with Gasteiger partial charge in [0, 0.05) is 18.5 Å². The van der Waals surface area contributed by atoms with Crippen LogP contribution in [0.1, 0.15) is 63.2 Å². The van der Waals surface area contributed by atoms with Crippen molar-refractivity contribution in [3.05, 3.63) is 65.7 Å². The van der Waals surface area contributed by atoms with Crippen LogP contribution in [0.25, 0.3) is 0 Å². The van der Waals surface area contributed by atoms with Crippen LogP contribution in [-0.2, 0) is 25.7 Å². The predicted octanol–water partition coefficient (Wildman–Crippen LogP) is 3.39. The number of amides is 2. The number of nitrogens with one attached hydrogen (secondary N) is 3. The van der Waals surface area contributed by atoms with Gasteiger partial charge in [-0.05, 0) is 49.4 Å². The lowest BCUT2D eigenvalue weighted by Gasteiger charge is -2.16. The molecule has 0 spiro atoms. The minimum Gasteiger partial charge on any atom is -0.478 e. The van der Waals surface area contributed by atoms with Crippen molar-refractivity contribution in [2.45, 2.75) is 58.6 Å². The molecular weight excluding hydrogens is 502 g/mol. The Hall–Kier alpha value is -3.76. The number of hydrogen-bond acceptors (Lipinski definition) is 7. The van der Waals surface area contributed by atoms with Gasteiger partial charge in [-0.25, -0.2) is 10.3 Å². The summed E-state index contributed by atoms with van der Waals surface area (Å²) in [6.07, 6.45) is 1.96. The summed E-state index contributed by atoms with van der Waals surface area (Å²) in [5.74, 6) is -2.99. The number of benzene rings is 2. The molecule has 0 fully saturated rings. The summed E-state index contributed by atoms with van der Waals surface area (Å²) < 4.78 is 5.68. The van der Waals surface area contributed by atoms with Gasteiger partial charge in [0.05, 0.1) is 6.54 Å². The summed E-state index contributed by atoms with van der Waals surface area (Å²) in [5, 5.41) is 24.2. The molecule has 212 valence electrons. The van der Waals surface area contributed by atoms with Gasteiger partial charge in [-0.1, -0.05) is 62.7 Å². The van der Waals surface area contributed by atoms with Crippen molar-refractivity contribution < 1.29 is 34.2 Å². The van der Waals surface area contributed by atoms with E-state index in [0.29, 0.717) is 30.7 Å². The van der Waals surface area contributed by atoms with E-state index in [9.17, 15) is 24.3 Å². The van der Waals surface area contributed by atoms with E-state index in [0.717, 1.165) is 24.9 Å². The number of carbonyl (C=O) groups excluding carboxylic acids is 3. The van der Waals surface area contributed by atoms with Gasteiger partial charge < -0.3 is 20.5 Å². The monoisotopic (exact) mass is 541 g/mol. The topological polar surface area (TPSA) is 154 Å². The first-order chi connectivity index (χ1) is 18.7. The van der Waals surface area contributed by atoms with Crippen LogP contribution in [0, 0.1) is 11.8 Å². The Kier molecular flexibility index (Phi) is 13.7. The van der Waals surface area contributed by atoms with Gasteiger partial charge in [-0.15, -0.1) is 0 Å². The molecule has 2 aromatic rings. The van der Waals surface area contributed by atoms with Crippen LogP contribution in [-0.4, -0.2) is 47.0 Å². The van der Waals surface area contributed by atoms with Gasteiger partial charge in [0.1, 0.15) is 11.7 Å². The number of hydrogen-bond donors (Lipinski definition) is 5. The van der Waals surface area contributed by atoms with Crippen molar-refractivity contribution in [3.8, 4) is 5.75 Å². The van der Waals surface area contributed by atoms with Gasteiger partial charge in [0.25, 0.3) is 5.91 Å². The normalized spacial score (nSPS) is 12.4. The lowest BCUT2D eigenvalue weighted by Crippen LogP contribution is -2.42. The average Bonchev–Trinajstić information content (AvgIpc) is 2.93. The van der Waals surface area contributed by atoms with E-state index in [4.69, 9.17) is 9.94 Å². The second-order valence-corrected chi connectivity index (χ2v) is 9.79. The molecule has 2 aromatic carbocycles. The van der Waals surface area contributed by atoms with Crippen molar-refractivity contribution in [3.63, 3.8) is 0 Å². The number of Topliss-reactive ketones (excluding diaryl/α,β-unsaturated/α-hetero) is 1. The summed E-state index contributed by atoms with van der Waals surface area (Å²) in [6.45, 7) is 5.00. The Morgan fingerprint density at radius 2 is 1.59 bits per heavy atom. The summed E-state index contributed by atoms with van der Waals surface area (Å²) >= 11 is 0. The minimum absolute atomic E-state index is 0.0762. The van der Waals surface area contributed by atoms with Crippen LogP contribution >= 0.6 is 0 Å². The molecule has 0 aliphatic rings. The van der Waals surface area contributed by atoms with E-state index in [-0.39, 0.29) is 24.7 Å². The number of hydroxylamine groups is 1. The summed E-state index contributed by atoms with van der Waals surface area (Å²) in [5.41, 5.74) is 3.12. The highest BCUT2D eigenvalue weighted by Crippen LogP contribution is 2.23. The fourth-order valence-corrected chi connectivity index (χ4v) is 3.97. The molecule has 0 aliphatic heterocycles. The van der Waals surface area contributed by atoms with Crippen molar-refractivity contribution in [2.24, 2.45) is 11.8 Å². The van der Waals surface area contributed by atoms with Crippen LogP contribution in [0.4, 0.5) is 0 Å². The number of ether oxygens (including phenoxy) is 1. The van der Waals surface area contributed by atoms with Gasteiger partial charge in [0.2, 0.25) is 12.0 Å². The molecule has 2 unspecified atom stereocenters. The first-order valence-electron chi connectivity index (χ1n) is 13.2. The third-order valence-corrected chi connectivity index (χ3v) is 6.05. The van der Waals surface area contributed by atoms with E-state index < -0.39 is 29.8 Å². The molecule has 0 aliphatic carbocycles. The first-order valence-corrected chi connectivity index (χ1v) is 13.2. The van der Waals surface area contributed by atoms with E-state index in [1.807, 2.05) is 32.0 Å². The number of unbranched alkanes of at least 4 members (excludes halogenated alkanes) is 2. The lowest BCUT2D eigenvalue weighted by atomic mass is 9.95. The molecule has 0 saturated heterocycles. The molecule has 2 atom stereocenters. The van der Waals surface area contributed by atoms with Crippen LogP contribution in [0.15, 0.2) is 54.6 Å². The summed E-state index contributed by atoms with van der Waals surface area (Å²) in [4.78, 5) is 47.6. The van der Waals surface area contributed by atoms with Crippen molar-refractivity contribution in [1.82, 2.24) is 16.1 Å². The maximum atomic E-state index is 12.2. The summed E-state index contributed by atoms with van der Waals surface area (Å²) in [6, 6.07) is 16.1. The second kappa shape index (κ2) is 17.0. The van der Waals surface area contributed by atoms with Crippen molar-refractivity contribution >= 4 is 23.6 Å². The van der Waals surface area contributed by atoms with Gasteiger partial charge in [-0.2, -0.15) is 0 Å². The fraction of sp³-hybridized carbons (Fsp3) is 0.448. The number of rotatable bonds is 18. The van der Waals surface area contributed by atoms with E-state index in [2.05, 4.69) is 10.6 Å². The third kappa shape index (κ3) is 11.7. The van der Waals surface area contributed by atoms with Gasteiger partial charge in [-0.3, -0.25) is 19.6 Å². The second-order valence-electron chi connectivity index (χ2n) is 9.79. The number of carboxylic acid groups (broad SMARTS) is 1. The first kappa shape index (κ1) is 31.5. The highest BCUT2D eigenvalue weighted by molar-refractivity contribution is 6.01. The molecular formula is C29H39N3O7. The maximum absolute atomic E-state index is 12.2. The number of ketones is 1. The van der Waals surface area contributed by atoms with Crippen molar-refractivity contribution in [1.29, 1.82) is 0 Å². The Morgan fingerprint density at radius 1 is 0.897 bits per heavy atom. The maximum Gasteiger partial charge on any atom is 0.349 e. The zero-order valence-electron chi connectivity index (χ0n) is 22.5. The Morgan fingerprint density at radius 3 is 2.21 bits per heavy atom. The van der Waals surface area contributed by atoms with E-state index in [1.54, 1.807) is 36.4 Å². The average molecular weight is 542 g/mol. The van der Waals surface area contributed by atoms with Crippen LogP contribution in [0.2, 0.25) is 0 Å². The highest BCUT2D eigenvalue weighted by atomic mass is 16.5. The number of carbonyl (C=O) groups is 4. The molecule has 0 aromatic heterocycles. The number of aliphatic carboxylic acids is 1. The molecule has 2 amide bonds. The highest BCUT2D eigenvalue weighted by Gasteiger charge is 2.27. The number of carboxylic acids is 1. The molecule has 0 radical (unpaired) electrons. The van der Waals surface area contributed by atoms with Crippen LogP contribution in [0.3, 0.4) is 0 Å². The third-order valence-electron chi connectivity index (χ3n) is 6.05. The zero-order chi connectivity index (χ0) is 28.6. The molecule has 2 rings (SSSR count). The lowest BCUT2D eigenvalue weighted by molar-refractivity contribution is -0.145. The Bertz CT molecular complexity index is 1060. The quantitative estimate of drug-likeness (QED) is 0.0833. The molecule has 0 heterocycles. The standard InChI is InChI=1S/C29H39N3O7/c1-20(2)17-25(28(35)32-38)27(34)31-19-23(33)11-7-4-8-16-30-18-21-12-14-24(15-13-21)39-26(29(36)37)22-9-5-3-6-10-22/h3,5-6,9-10,12-15,20,25-26,30,38H,4,7-8,11,16-19H2,1-2H3,(H,31,34)(H,32,35)(H,36,37). The molecule has 5 N–H and O–H groups in total. The molecule has 0 saturated carbocycles. The molecule has 0 bridgehead atoms. The zero-order valence-corrected chi connectivity index (χ0v) is 22.5. The predicted molar refractivity (Wildman–Crippen MR) is 145 cm³/mol. The van der Waals surface area contributed by atoms with Crippen molar-refractivity contribution in [2.75, 3.05) is 13.1 Å². The van der Waals surface area contributed by atoms with Crippen LogP contribution < -0.4 is 20.9 Å². The van der Waals surface area contributed by atoms with Gasteiger partial charge >= 0.3 is 5.97 Å². The van der Waals surface area contributed by atoms with E-state index >= 15 is 0 Å². The summed E-state index contributed by atoms with van der Waals surface area (Å²) in [7, 11) is 0. The van der Waals surface area contributed by atoms with Gasteiger partial charge in [0.15, 0.2) is 5.78 Å². The molecule has 39 heavy (non-hydrogen) atoms. The Labute approximate surface area is 229 Å². The molecule has 10 nitrogen and oxygen atoms in total. The Balaban J connectivity index is 1.61. The largest absolute Gasteiger partial charge is 0.478 e. The smallest absolute Gasteiger partial charge is 0.349 e.